The first-order valence-electron chi connectivity index (χ1n) is 3.98. The summed E-state index contributed by atoms with van der Waals surface area (Å²) in [6.45, 7) is 0.927. The van der Waals surface area contributed by atoms with Gasteiger partial charge in [0.25, 0.3) is 0 Å². The third kappa shape index (κ3) is 2.62. The van der Waals surface area contributed by atoms with E-state index >= 15 is 0 Å². The van der Waals surface area contributed by atoms with Gasteiger partial charge in [-0.1, -0.05) is 0 Å². The zero-order valence-corrected chi connectivity index (χ0v) is 7.63. The molecule has 1 fully saturated rings. The highest BCUT2D eigenvalue weighted by atomic mass is 28.2. The molecule has 2 nitrogen and oxygen atoms in total. The Morgan fingerprint density at radius 1 is 1.60 bits per heavy atom. The van der Waals surface area contributed by atoms with Gasteiger partial charge in [-0.05, 0) is 25.3 Å². The minimum absolute atomic E-state index is 0.225. The average Bonchev–Trinajstić information content (AvgIpc) is 2.03. The van der Waals surface area contributed by atoms with Gasteiger partial charge < -0.3 is 9.53 Å². The SMILES string of the molecule is O=CC[SiH2]C1CCCCO1. The molecule has 1 heterocycles. The second kappa shape index (κ2) is 4.63. The van der Waals surface area contributed by atoms with E-state index in [-0.39, 0.29) is 9.52 Å². The first-order chi connectivity index (χ1) is 4.93. The van der Waals surface area contributed by atoms with Crippen LogP contribution < -0.4 is 0 Å². The summed E-state index contributed by atoms with van der Waals surface area (Å²) in [6, 6.07) is 0.796. The molecular weight excluding hydrogens is 144 g/mol. The molecule has 0 saturated carbocycles. The summed E-state index contributed by atoms with van der Waals surface area (Å²) in [7, 11) is -0.225. The maximum Gasteiger partial charge on any atom is 0.116 e. The van der Waals surface area contributed by atoms with Gasteiger partial charge in [0.2, 0.25) is 0 Å². The van der Waals surface area contributed by atoms with Gasteiger partial charge in [0.1, 0.15) is 6.29 Å². The van der Waals surface area contributed by atoms with E-state index in [1.54, 1.807) is 0 Å². The Hall–Kier alpha value is -0.153. The first kappa shape index (κ1) is 7.95. The molecule has 1 rings (SSSR count). The van der Waals surface area contributed by atoms with Gasteiger partial charge >= 0.3 is 0 Å². The second-order valence-electron chi connectivity index (χ2n) is 2.73. The molecule has 3 heteroatoms. The molecule has 1 saturated heterocycles. The van der Waals surface area contributed by atoms with Crippen LogP contribution >= 0.6 is 0 Å². The maximum atomic E-state index is 10.0. The van der Waals surface area contributed by atoms with Crippen LogP contribution in [0.4, 0.5) is 0 Å². The third-order valence-corrected chi connectivity index (χ3v) is 3.74. The predicted molar refractivity (Wildman–Crippen MR) is 43.0 cm³/mol. The molecule has 58 valence electrons. The van der Waals surface area contributed by atoms with Gasteiger partial charge in [-0.15, -0.1) is 0 Å². The summed E-state index contributed by atoms with van der Waals surface area (Å²) in [4.78, 5) is 10.0. The maximum absolute atomic E-state index is 10.0. The molecule has 1 unspecified atom stereocenters. The number of hydrogen-bond acceptors (Lipinski definition) is 2. The van der Waals surface area contributed by atoms with Crippen molar-refractivity contribution < 1.29 is 9.53 Å². The Kier molecular flexibility index (Phi) is 3.68. The largest absolute Gasteiger partial charge is 0.382 e. The van der Waals surface area contributed by atoms with Gasteiger partial charge in [-0.2, -0.15) is 0 Å². The van der Waals surface area contributed by atoms with Crippen LogP contribution in [0.1, 0.15) is 19.3 Å². The van der Waals surface area contributed by atoms with Crippen molar-refractivity contribution in [3.8, 4) is 0 Å². The van der Waals surface area contributed by atoms with Gasteiger partial charge in [0.15, 0.2) is 0 Å². The summed E-state index contributed by atoms with van der Waals surface area (Å²) < 4.78 is 5.48. The van der Waals surface area contributed by atoms with Crippen LogP contribution in [0.5, 0.6) is 0 Å². The van der Waals surface area contributed by atoms with Crippen LogP contribution in [0.15, 0.2) is 0 Å². The number of rotatable bonds is 3. The molecule has 0 aliphatic carbocycles. The molecular formula is C7H14O2Si. The van der Waals surface area contributed by atoms with E-state index in [9.17, 15) is 4.79 Å². The third-order valence-electron chi connectivity index (χ3n) is 1.88. The number of carbonyl (C=O) groups excluding carboxylic acids is 1. The summed E-state index contributed by atoms with van der Waals surface area (Å²) in [6.07, 6.45) is 4.76. The molecule has 0 aromatic rings. The summed E-state index contributed by atoms with van der Waals surface area (Å²) in [5, 5.41) is 0. The minimum atomic E-state index is -0.225. The van der Waals surface area contributed by atoms with Crippen molar-refractivity contribution in [3.05, 3.63) is 0 Å². The Morgan fingerprint density at radius 3 is 3.10 bits per heavy atom. The van der Waals surface area contributed by atoms with Gasteiger partial charge in [0, 0.05) is 12.3 Å². The lowest BCUT2D eigenvalue weighted by Gasteiger charge is -2.21. The van der Waals surface area contributed by atoms with Crippen LogP contribution in [0.3, 0.4) is 0 Å². The van der Waals surface area contributed by atoms with Crippen molar-refractivity contribution in [1.82, 2.24) is 0 Å². The first-order valence-corrected chi connectivity index (χ1v) is 5.80. The van der Waals surface area contributed by atoms with Crippen LogP contribution in [0.2, 0.25) is 6.04 Å². The van der Waals surface area contributed by atoms with E-state index in [4.69, 9.17) is 4.74 Å². The van der Waals surface area contributed by atoms with Crippen molar-refractivity contribution in [2.45, 2.75) is 31.0 Å². The number of aldehydes is 1. The molecule has 1 atom stereocenters. The highest BCUT2D eigenvalue weighted by Crippen LogP contribution is 2.11. The van der Waals surface area contributed by atoms with Gasteiger partial charge in [0.05, 0.1) is 9.52 Å². The van der Waals surface area contributed by atoms with E-state index in [0.29, 0.717) is 5.73 Å². The fraction of sp³-hybridized carbons (Fsp3) is 0.857. The lowest BCUT2D eigenvalue weighted by atomic mass is 10.2. The zero-order chi connectivity index (χ0) is 7.23. The normalized spacial score (nSPS) is 27.4. The predicted octanol–water partition coefficient (Wildman–Crippen LogP) is 0.299. The zero-order valence-electron chi connectivity index (χ0n) is 6.21. The molecule has 0 radical (unpaired) electrons. The molecule has 0 spiro atoms. The highest BCUT2D eigenvalue weighted by molar-refractivity contribution is 6.41. The van der Waals surface area contributed by atoms with Crippen molar-refractivity contribution in [2.24, 2.45) is 0 Å². The van der Waals surface area contributed by atoms with Crippen molar-refractivity contribution in [1.29, 1.82) is 0 Å². The Labute approximate surface area is 63.8 Å². The second-order valence-corrected chi connectivity index (χ2v) is 4.80. The molecule has 0 amide bonds. The Bertz CT molecular complexity index is 99.8. The molecule has 1 aliphatic heterocycles. The Balaban J connectivity index is 2.07. The fourth-order valence-electron chi connectivity index (χ4n) is 1.29. The van der Waals surface area contributed by atoms with E-state index in [1.807, 2.05) is 0 Å². The Morgan fingerprint density at radius 2 is 2.50 bits per heavy atom. The highest BCUT2D eigenvalue weighted by Gasteiger charge is 2.12. The topological polar surface area (TPSA) is 26.3 Å². The van der Waals surface area contributed by atoms with Crippen molar-refractivity contribution >= 4 is 15.8 Å². The molecule has 0 bridgehead atoms. The van der Waals surface area contributed by atoms with E-state index in [0.717, 1.165) is 18.9 Å². The lowest BCUT2D eigenvalue weighted by Crippen LogP contribution is -2.25. The summed E-state index contributed by atoms with van der Waals surface area (Å²) >= 11 is 0. The summed E-state index contributed by atoms with van der Waals surface area (Å²) in [5.74, 6) is 0. The molecule has 0 aromatic carbocycles. The van der Waals surface area contributed by atoms with Gasteiger partial charge in [-0.25, -0.2) is 0 Å². The molecule has 1 aliphatic rings. The van der Waals surface area contributed by atoms with Crippen LogP contribution in [-0.2, 0) is 9.53 Å². The molecule has 10 heavy (non-hydrogen) atoms. The molecule has 0 N–H and O–H groups in total. The van der Waals surface area contributed by atoms with Crippen molar-refractivity contribution in [2.75, 3.05) is 6.61 Å². The number of ether oxygens (including phenoxy) is 1. The van der Waals surface area contributed by atoms with Crippen molar-refractivity contribution in [3.63, 3.8) is 0 Å². The van der Waals surface area contributed by atoms with Crippen LogP contribution in [0.25, 0.3) is 0 Å². The van der Waals surface area contributed by atoms with Crippen LogP contribution in [-0.4, -0.2) is 28.1 Å². The van der Waals surface area contributed by atoms with Crippen LogP contribution in [0, 0.1) is 0 Å². The average molecular weight is 158 g/mol. The number of hydrogen-bond donors (Lipinski definition) is 0. The van der Waals surface area contributed by atoms with Gasteiger partial charge in [-0.3, -0.25) is 0 Å². The quantitative estimate of drug-likeness (QED) is 0.436. The monoisotopic (exact) mass is 158 g/mol. The minimum Gasteiger partial charge on any atom is -0.382 e. The van der Waals surface area contributed by atoms with E-state index in [2.05, 4.69) is 0 Å². The van der Waals surface area contributed by atoms with E-state index in [1.165, 1.54) is 19.3 Å². The summed E-state index contributed by atoms with van der Waals surface area (Å²) in [5.41, 5.74) is 0.513. The lowest BCUT2D eigenvalue weighted by molar-refractivity contribution is -0.106. The van der Waals surface area contributed by atoms with E-state index < -0.39 is 0 Å². The number of carbonyl (C=O) groups is 1. The standard InChI is InChI=1S/C7H14O2Si/c8-4-6-10-7-3-1-2-5-9-7/h4,7H,1-3,5-6,10H2. The smallest absolute Gasteiger partial charge is 0.116 e. The molecule has 0 aromatic heterocycles. The fourth-order valence-corrected chi connectivity index (χ4v) is 2.71.